The van der Waals surface area contributed by atoms with E-state index in [4.69, 9.17) is 24.4 Å². The first kappa shape index (κ1) is 48.0. The summed E-state index contributed by atoms with van der Waals surface area (Å²) in [5, 5.41) is 56.4. The number of carbonyl (C=O) groups is 4. The minimum atomic E-state index is -1.72. The number of rotatable bonds is 15. The van der Waals surface area contributed by atoms with Gasteiger partial charge in [0, 0.05) is 37.6 Å². The summed E-state index contributed by atoms with van der Waals surface area (Å²) >= 11 is 2.74. The largest absolute Gasteiger partial charge is 1.00 e. The van der Waals surface area contributed by atoms with E-state index in [1.54, 1.807) is 31.4 Å². The molecule has 4 aromatic rings. The number of aromatic hydroxyl groups is 1. The van der Waals surface area contributed by atoms with Crippen molar-refractivity contribution in [3.8, 4) is 11.5 Å². The molecule has 2 bridgehead atoms. The van der Waals surface area contributed by atoms with Crippen LogP contribution in [0.15, 0.2) is 89.6 Å². The van der Waals surface area contributed by atoms with Crippen LogP contribution in [0, 0.1) is 0 Å². The predicted octanol–water partition coefficient (Wildman–Crippen LogP) is 1.28. The first-order valence-electron chi connectivity index (χ1n) is 18.8. The Morgan fingerprint density at radius 3 is 2.00 bits per heavy atom. The molecule has 3 saturated heterocycles. The number of hydrogen-bond acceptors (Lipinski definition) is 13. The number of aliphatic hydroxyl groups excluding tert-OH is 1. The molecule has 15 nitrogen and oxygen atoms in total. The van der Waals surface area contributed by atoms with Gasteiger partial charge >= 0.3 is 17.9 Å². The number of anilines is 1. The molecule has 0 radical (unpaired) electrons. The van der Waals surface area contributed by atoms with E-state index in [0.717, 1.165) is 29.5 Å². The number of hydrogen-bond donors (Lipinski definition) is 7. The lowest BCUT2D eigenvalue weighted by atomic mass is 9.95. The van der Waals surface area contributed by atoms with E-state index in [0.29, 0.717) is 64.7 Å². The molecule has 0 spiro atoms. The highest BCUT2D eigenvalue weighted by atomic mass is 79.9. The molecule has 2 aromatic heterocycles. The fraction of sp³-hybridized carbons (Fsp3) is 0.381. The first-order chi connectivity index (χ1) is 28.1. The van der Waals surface area contributed by atoms with Crippen molar-refractivity contribution < 1.29 is 80.4 Å². The van der Waals surface area contributed by atoms with Gasteiger partial charge in [-0.15, -0.1) is 22.7 Å². The van der Waals surface area contributed by atoms with Gasteiger partial charge < -0.3 is 71.8 Å². The Morgan fingerprint density at radius 1 is 0.950 bits per heavy atom. The van der Waals surface area contributed by atoms with Gasteiger partial charge in [-0.3, -0.25) is 4.79 Å². The number of aliphatic hydroxyl groups is 2. The van der Waals surface area contributed by atoms with E-state index in [1.165, 1.54) is 34.3 Å². The van der Waals surface area contributed by atoms with Gasteiger partial charge in [-0.1, -0.05) is 30.3 Å². The Kier molecular flexibility index (Phi) is 17.0. The number of nitrogens with one attached hydrogen (secondary N) is 2. The Labute approximate surface area is 366 Å². The van der Waals surface area contributed by atoms with Gasteiger partial charge in [-0.2, -0.15) is 0 Å². The quantitative estimate of drug-likeness (QED) is 0.0223. The van der Waals surface area contributed by atoms with Crippen LogP contribution in [0.1, 0.15) is 46.8 Å². The van der Waals surface area contributed by atoms with Crippen LogP contribution in [-0.2, 0) is 40.7 Å². The highest BCUT2D eigenvalue weighted by Gasteiger charge is 2.71. The van der Waals surface area contributed by atoms with Crippen molar-refractivity contribution in [3.63, 3.8) is 0 Å². The standard InChI is InChI=1S/C19H24N2O4.C19H22NO4S2.C4H4O4.BrH/c1-13(9-14-3-6-16(25-2)7-4-14)20-11-19(24)15-5-8-18(23)17(10-15)21-12-22;1-20(2)12-9-11(10-13(20)17-16(12)24-17)23-18(21)19(22,14-5-3-7-25-14)15-6-4-8-26-15;5-3(6)1-2-4(7)8;/h3-8,10,12-13,19-20,23-24H,9,11H2,1-2H3,(H,21,22);3-8,11-13,16-17,22H,9-10H2,1-2H3;1-2H,(H,5,6)(H,7,8);1H/q;+1;;/p-1/b;;2-1+;/t13-,19+;11?,12?,13?,16-,17+;;/m1.../s1. The predicted molar refractivity (Wildman–Crippen MR) is 220 cm³/mol. The molecule has 7 rings (SSSR count). The maximum Gasteiger partial charge on any atom is 0.349 e. The van der Waals surface area contributed by atoms with Crippen molar-refractivity contribution in [2.75, 3.05) is 33.1 Å². The number of thiophene rings is 2. The van der Waals surface area contributed by atoms with E-state index in [1.807, 2.05) is 54.1 Å². The zero-order valence-corrected chi connectivity index (χ0v) is 36.6. The van der Waals surface area contributed by atoms with Crippen molar-refractivity contribution in [2.45, 2.75) is 74.3 Å². The number of carbonyl (C=O) groups excluding carboxylic acids is 2. The van der Waals surface area contributed by atoms with E-state index >= 15 is 0 Å². The average molecular weight is 933 g/mol. The van der Waals surface area contributed by atoms with Crippen LogP contribution in [0.2, 0.25) is 0 Å². The Balaban J connectivity index is 0.000000222. The fourth-order valence-electron chi connectivity index (χ4n) is 7.53. The third-order valence-corrected chi connectivity index (χ3v) is 12.7. The number of piperidine rings is 1. The van der Waals surface area contributed by atoms with E-state index < -0.39 is 29.6 Å². The fourth-order valence-corrected chi connectivity index (χ4v) is 9.24. The lowest BCUT2D eigenvalue weighted by Gasteiger charge is -2.45. The Hall–Kier alpha value is -4.66. The summed E-state index contributed by atoms with van der Waals surface area (Å²) in [4.78, 5) is 44.0. The lowest BCUT2D eigenvalue weighted by molar-refractivity contribution is -0.938. The summed E-state index contributed by atoms with van der Waals surface area (Å²) < 4.78 is 17.8. The van der Waals surface area contributed by atoms with Crippen LogP contribution in [0.3, 0.4) is 0 Å². The number of carboxylic acids is 2. The molecule has 7 N–H and O–H groups in total. The molecule has 3 aliphatic rings. The zero-order valence-electron chi connectivity index (χ0n) is 33.3. The number of epoxide rings is 1. The second-order valence-electron chi connectivity index (χ2n) is 14.9. The highest BCUT2D eigenvalue weighted by molar-refractivity contribution is 7.12. The van der Waals surface area contributed by atoms with Crippen LogP contribution >= 0.6 is 22.7 Å². The summed E-state index contributed by atoms with van der Waals surface area (Å²) in [6, 6.07) is 20.7. The van der Waals surface area contributed by atoms with Crippen LogP contribution < -0.4 is 32.4 Å². The maximum atomic E-state index is 13.1. The first-order valence-corrected chi connectivity index (χ1v) is 20.6. The molecular formula is C42H50BrN3O12S2. The number of nitrogens with zero attached hydrogens (tertiary/aromatic N) is 1. The molecule has 0 saturated carbocycles. The minimum absolute atomic E-state index is 0. The van der Waals surface area contributed by atoms with Crippen LogP contribution in [-0.4, -0.2) is 119 Å². The van der Waals surface area contributed by atoms with Gasteiger partial charge in [0.25, 0.3) is 0 Å². The van der Waals surface area contributed by atoms with Gasteiger partial charge in [-0.05, 0) is 71.6 Å². The van der Waals surface area contributed by atoms with Crippen molar-refractivity contribution in [1.29, 1.82) is 0 Å². The number of methoxy groups -OCH3 is 1. The van der Waals surface area contributed by atoms with Crippen LogP contribution in [0.5, 0.6) is 11.5 Å². The number of benzene rings is 2. The smallest absolute Gasteiger partial charge is 0.349 e. The van der Waals surface area contributed by atoms with Crippen molar-refractivity contribution in [2.24, 2.45) is 0 Å². The van der Waals surface area contributed by atoms with E-state index in [2.05, 4.69) is 24.7 Å². The number of halogens is 1. The lowest BCUT2D eigenvalue weighted by Crippen LogP contribution is -3.00. The second kappa shape index (κ2) is 21.2. The van der Waals surface area contributed by atoms with Gasteiger partial charge in [0.15, 0.2) is 0 Å². The molecular weight excluding hydrogens is 883 g/mol. The molecule has 1 amide bonds. The van der Waals surface area contributed by atoms with Crippen LogP contribution in [0.4, 0.5) is 5.69 Å². The third-order valence-electron chi connectivity index (χ3n) is 10.7. The molecule has 3 unspecified atom stereocenters. The summed E-state index contributed by atoms with van der Waals surface area (Å²) in [7, 11) is 6.13. The maximum absolute atomic E-state index is 13.1. The molecule has 5 heterocycles. The molecule has 3 aliphatic heterocycles. The van der Waals surface area contributed by atoms with Crippen molar-refractivity contribution >= 4 is 52.7 Å². The normalized spacial score (nSPS) is 21.6. The van der Waals surface area contributed by atoms with Gasteiger partial charge in [0.05, 0.1) is 42.8 Å². The molecule has 7 atom stereocenters. The molecule has 324 valence electrons. The number of aliphatic carboxylic acids is 2. The Bertz CT molecular complexity index is 1990. The number of carboxylic acid groups (broad SMARTS) is 2. The number of esters is 1. The second-order valence-corrected chi connectivity index (χ2v) is 16.8. The number of likely N-dealkylation sites (N-methyl/N-ethyl adjacent to an activating group) is 1. The number of quaternary nitrogens is 1. The summed E-state index contributed by atoms with van der Waals surface area (Å²) in [5.41, 5.74) is 0.351. The van der Waals surface area contributed by atoms with Crippen molar-refractivity contribution in [3.05, 3.63) is 111 Å². The van der Waals surface area contributed by atoms with Crippen molar-refractivity contribution in [1.82, 2.24) is 5.32 Å². The number of phenols is 1. The van der Waals surface area contributed by atoms with Gasteiger partial charge in [0.2, 0.25) is 12.0 Å². The van der Waals surface area contributed by atoms with Gasteiger partial charge in [0.1, 0.15) is 41.9 Å². The molecule has 3 fully saturated rings. The SMILES string of the molecule is COc1ccc(C[C@@H](C)NC[C@H](O)c2ccc(O)c(NC=O)c2)cc1.C[N+]1(C)C2CC(OC(=O)C(O)(c3cccs3)c3cccs3)CC1[C@@H]1O[C@H]21.O=C(O)/C=C/C(=O)O.[Br-]. The van der Waals surface area contributed by atoms with Crippen LogP contribution in [0.25, 0.3) is 0 Å². The summed E-state index contributed by atoms with van der Waals surface area (Å²) in [6.07, 6.45) is 3.73. The molecule has 60 heavy (non-hydrogen) atoms. The van der Waals surface area contributed by atoms with E-state index in [9.17, 15) is 34.5 Å². The third kappa shape index (κ3) is 11.8. The monoisotopic (exact) mass is 931 g/mol. The summed E-state index contributed by atoms with van der Waals surface area (Å²) in [6.45, 7) is 2.41. The topological polar surface area (TPSA) is 224 Å². The number of ether oxygens (including phenoxy) is 3. The number of amides is 1. The average Bonchev–Trinajstić information content (AvgIpc) is 3.49. The zero-order chi connectivity index (χ0) is 42.9. The number of fused-ring (bicyclic) bond motifs is 5. The summed E-state index contributed by atoms with van der Waals surface area (Å²) in [5.74, 6) is -2.29. The highest BCUT2D eigenvalue weighted by Crippen LogP contribution is 2.52. The number of morpholine rings is 1. The Morgan fingerprint density at radius 2 is 1.52 bits per heavy atom. The molecule has 2 aromatic carbocycles. The molecule has 0 aliphatic carbocycles. The van der Waals surface area contributed by atoms with Gasteiger partial charge in [-0.25, -0.2) is 14.4 Å². The van der Waals surface area contributed by atoms with E-state index in [-0.39, 0.29) is 40.6 Å². The minimum Gasteiger partial charge on any atom is -1.00 e. The number of phenolic OH excluding ortho intramolecular Hbond substituents is 1. The molecule has 18 heteroatoms.